The van der Waals surface area contributed by atoms with Gasteiger partial charge in [0.15, 0.2) is 0 Å². The number of rotatable bonds is 43. The molecule has 650 valence electrons. The van der Waals surface area contributed by atoms with Crippen LogP contribution in [0.2, 0.25) is 0 Å². The van der Waals surface area contributed by atoms with Gasteiger partial charge in [-0.15, -0.1) is 165 Å². The van der Waals surface area contributed by atoms with E-state index in [1.807, 2.05) is 176 Å². The van der Waals surface area contributed by atoms with E-state index in [0.29, 0.717) is 0 Å². The fourth-order valence-corrected chi connectivity index (χ4v) is 33.5. The molecule has 0 aliphatic heterocycles. The topological polar surface area (TPSA) is 0 Å². The lowest BCUT2D eigenvalue weighted by molar-refractivity contribution is 1.26. The van der Waals surface area contributed by atoms with Crippen LogP contribution in [0.15, 0.2) is 439 Å². The smallest absolute Gasteiger partial charge is 0.0845 e. The molecule has 0 amide bonds. The Morgan fingerprint density at radius 3 is 0.391 bits per heavy atom. The number of halogens is 8. The van der Waals surface area contributed by atoms with Crippen LogP contribution >= 0.6 is 304 Å². The zero-order valence-corrected chi connectivity index (χ0v) is 93.7. The van der Waals surface area contributed by atoms with Crippen LogP contribution in [0, 0.1) is 0 Å². The van der Waals surface area contributed by atoms with Gasteiger partial charge in [0.2, 0.25) is 0 Å². The number of hydrogen-bond acceptors (Lipinski definition) is 15. The molecule has 15 rings (SSSR count). The first kappa shape index (κ1) is 99.9. The van der Waals surface area contributed by atoms with E-state index in [-0.39, 0.29) is 32.1 Å². The van der Waals surface area contributed by atoms with E-state index in [9.17, 15) is 0 Å². The molecule has 0 fully saturated rings. The first-order valence-electron chi connectivity index (χ1n) is 40.7. The maximum Gasteiger partial charge on any atom is 0.0845 e. The minimum absolute atomic E-state index is 0.166. The van der Waals surface area contributed by atoms with E-state index >= 15 is 0 Å². The van der Waals surface area contributed by atoms with Crippen molar-refractivity contribution in [1.29, 1.82) is 0 Å². The maximum atomic E-state index is 3.66. The van der Waals surface area contributed by atoms with Crippen LogP contribution in [-0.2, 0) is 40.3 Å². The van der Waals surface area contributed by atoms with E-state index in [1.165, 1.54) is 117 Å². The van der Waals surface area contributed by atoms with Crippen LogP contribution in [-0.4, -0.2) is 6.26 Å². The molecular formula is C105H84Br8S15. The lowest BCUT2D eigenvalue weighted by Gasteiger charge is -2.21. The fourth-order valence-electron chi connectivity index (χ4n) is 13.1. The van der Waals surface area contributed by atoms with Gasteiger partial charge in [-0.3, -0.25) is 0 Å². The average molecular weight is 2470 g/mol. The van der Waals surface area contributed by atoms with Gasteiger partial charge in [-0.05, 0) is 278 Å². The summed E-state index contributed by atoms with van der Waals surface area (Å²) in [5.41, 5.74) is 18.5. The summed E-state index contributed by atoms with van der Waals surface area (Å²) in [5.74, 6) is 6.32. The predicted octanol–water partition coefficient (Wildman–Crippen LogP) is 41.6. The summed E-state index contributed by atoms with van der Waals surface area (Å²) in [5, 5.41) is 0. The minimum Gasteiger partial charge on any atom is -0.161 e. The van der Waals surface area contributed by atoms with Crippen LogP contribution in [0.25, 0.3) is 0 Å². The average Bonchev–Trinajstić information content (AvgIpc) is 0.848. The number of benzene rings is 15. The number of thioether (sulfide) groups is 15. The summed E-state index contributed by atoms with van der Waals surface area (Å²) in [7, 11) is 0. The molecule has 0 saturated carbocycles. The van der Waals surface area contributed by atoms with Gasteiger partial charge in [-0.25, -0.2) is 0 Å². The Labute approximate surface area is 886 Å². The van der Waals surface area contributed by atoms with E-state index in [0.717, 1.165) is 76.1 Å². The Hall–Kier alpha value is -2.61. The molecule has 0 atom stereocenters. The highest BCUT2D eigenvalue weighted by atomic mass is 79.9. The van der Waals surface area contributed by atoms with Gasteiger partial charge in [0.1, 0.15) is 0 Å². The van der Waals surface area contributed by atoms with E-state index in [4.69, 9.17) is 0 Å². The Kier molecular flexibility index (Phi) is 40.8. The Morgan fingerprint density at radius 2 is 0.266 bits per heavy atom. The summed E-state index contributed by atoms with van der Waals surface area (Å²) < 4.78 is 9.94. The molecule has 0 saturated heterocycles. The van der Waals surface area contributed by atoms with Gasteiger partial charge < -0.3 is 0 Å². The Morgan fingerprint density at radius 1 is 0.148 bits per heavy atom. The van der Waals surface area contributed by atoms with Gasteiger partial charge in [-0.2, -0.15) is 11.8 Å². The maximum absolute atomic E-state index is 3.66. The van der Waals surface area contributed by atoms with E-state index < -0.39 is 0 Å². The quantitative estimate of drug-likeness (QED) is 0.0263. The van der Waals surface area contributed by atoms with Gasteiger partial charge in [0.25, 0.3) is 0 Å². The molecule has 128 heavy (non-hydrogen) atoms. The molecule has 0 aliphatic carbocycles. The van der Waals surface area contributed by atoms with Crippen LogP contribution < -0.4 is 0 Å². The summed E-state index contributed by atoms with van der Waals surface area (Å²) >= 11 is 58.6. The zero-order chi connectivity index (χ0) is 88.3. The van der Waals surface area contributed by atoms with Crippen LogP contribution in [0.3, 0.4) is 0 Å². The van der Waals surface area contributed by atoms with Gasteiger partial charge in [0.05, 0.1) is 32.1 Å². The molecule has 15 aromatic carbocycles. The van der Waals surface area contributed by atoms with Crippen molar-refractivity contribution >= 4 is 304 Å². The van der Waals surface area contributed by atoms with Crippen LogP contribution in [0.4, 0.5) is 0 Å². The lowest BCUT2D eigenvalue weighted by Crippen LogP contribution is -1.97. The molecule has 0 aliphatic rings. The van der Waals surface area contributed by atoms with Crippen LogP contribution in [0.5, 0.6) is 0 Å². The second-order valence-corrected chi connectivity index (χ2v) is 55.7. The molecular weight excluding hydrogens is 2380 g/mol. The SMILES string of the molecule is CSCc1ccc(C(SCc2ccc(C(SCc3ccc(C(Sc4ccc(Br)cc4)Sc4ccc(Br)cc4)cc3)SCc3ccc(C(Sc4ccc(Br)cc4)Sc4ccc(Br)cc4)cc3)cc2)SCc2ccc(C(SCc3ccc(C(Sc4ccc(Br)cc4)Sc4ccc(Br)cc4)cc3)SCc3ccc(C(Sc4ccc(Br)cc4)Sc4ccc(Br)cc4)cc3)cc2)cc1. The number of hydrogen-bond donors (Lipinski definition) is 0. The normalized spacial score (nSPS) is 11.7. The second kappa shape index (κ2) is 52.2. The zero-order valence-electron chi connectivity index (χ0n) is 68.8. The molecule has 0 bridgehead atoms. The Balaban J connectivity index is 0.651. The highest BCUT2D eigenvalue weighted by Crippen LogP contribution is 2.55. The van der Waals surface area contributed by atoms with Crippen molar-refractivity contribution in [2.45, 2.75) is 112 Å². The van der Waals surface area contributed by atoms with E-state index in [1.54, 1.807) is 0 Å². The molecule has 0 nitrogen and oxygen atoms in total. The monoisotopic (exact) mass is 2460 g/mol. The van der Waals surface area contributed by atoms with Crippen molar-refractivity contribution in [3.63, 3.8) is 0 Å². The van der Waals surface area contributed by atoms with Crippen LogP contribution in [0.1, 0.15) is 110 Å². The highest BCUT2D eigenvalue weighted by molar-refractivity contribution is 9.11. The Bertz CT molecular complexity index is 5080. The highest BCUT2D eigenvalue weighted by Gasteiger charge is 2.25. The van der Waals surface area contributed by atoms with Crippen molar-refractivity contribution in [3.8, 4) is 0 Å². The third kappa shape index (κ3) is 32.0. The third-order valence-electron chi connectivity index (χ3n) is 19.9. The summed E-state index contributed by atoms with van der Waals surface area (Å²) in [6.07, 6.45) is 2.19. The molecule has 0 spiro atoms. The van der Waals surface area contributed by atoms with Crippen molar-refractivity contribution in [2.75, 3.05) is 6.26 Å². The molecule has 0 heterocycles. The molecule has 0 N–H and O–H groups in total. The predicted molar refractivity (Wildman–Crippen MR) is 609 cm³/mol. The third-order valence-corrected chi connectivity index (χ3v) is 44.2. The second-order valence-electron chi connectivity index (χ2n) is 29.4. The molecule has 0 aromatic heterocycles. The summed E-state index contributed by atoms with van der Waals surface area (Å²) in [4.78, 5) is 9.91. The molecule has 15 aromatic rings. The lowest BCUT2D eigenvalue weighted by atomic mass is 10.2. The van der Waals surface area contributed by atoms with Crippen molar-refractivity contribution < 1.29 is 0 Å². The molecule has 0 unspecified atom stereocenters. The van der Waals surface area contributed by atoms with Crippen molar-refractivity contribution in [3.05, 3.63) is 478 Å². The largest absolute Gasteiger partial charge is 0.161 e. The summed E-state index contributed by atoms with van der Waals surface area (Å²) in [6.45, 7) is 0. The van der Waals surface area contributed by atoms with Gasteiger partial charge >= 0.3 is 0 Å². The first-order chi connectivity index (χ1) is 62.5. The van der Waals surface area contributed by atoms with Gasteiger partial charge in [0, 0.05) is 115 Å². The fraction of sp³-hybridized carbons (Fsp3) is 0.143. The first-order valence-corrected chi connectivity index (χ1v) is 61.8. The van der Waals surface area contributed by atoms with E-state index in [2.05, 4.69) is 498 Å². The van der Waals surface area contributed by atoms with Crippen molar-refractivity contribution in [2.24, 2.45) is 0 Å². The molecule has 23 heteroatoms. The summed E-state index contributed by atoms with van der Waals surface area (Å²) in [6, 6.07) is 136. The molecule has 0 radical (unpaired) electrons. The minimum atomic E-state index is 0.166. The van der Waals surface area contributed by atoms with Gasteiger partial charge in [-0.1, -0.05) is 297 Å². The van der Waals surface area contributed by atoms with Crippen molar-refractivity contribution in [1.82, 2.24) is 0 Å². The standard InChI is InChI=1S/C105H84Br8S15/c1-114-62-69-2-16-76(17-3-69)99(115-63-70-4-18-77(19-5-70)100(117-65-72-8-22-79(23-9-72)102(121-91-46-30-83(106)31-47-91)122-92-48-32-84(107)33-49-92)118-66-73-10-24-80(25-11-73)103(123-93-50-34-85(108)35-51-93)124-94-52-36-86(109)37-53-94)116-64-71-6-20-78(21-7-71)101(119-67-74-12-26-81(27-13-74)104(125-95-54-38-87(110)39-55-95)126-96-56-40-88(111)41-57-96)120-68-75-14-28-82(29-15-75)105(127-97-58-42-89(112)43-59-97)128-98-60-44-90(113)45-61-98/h2-61,99-105H,62-68H2,1H3.